The summed E-state index contributed by atoms with van der Waals surface area (Å²) in [6.45, 7) is 13.7. The minimum Gasteiger partial charge on any atom is -0.379 e. The van der Waals surface area contributed by atoms with E-state index < -0.39 is 0 Å². The summed E-state index contributed by atoms with van der Waals surface area (Å²) in [7, 11) is 1.86. The number of amides is 2. The number of carbonyl (C=O) groups excluding carboxylic acids is 1. The molecule has 0 saturated carbocycles. The van der Waals surface area contributed by atoms with Gasteiger partial charge < -0.3 is 15.0 Å². The number of ether oxygens (including phenoxy) is 1. The zero-order valence-electron chi connectivity index (χ0n) is 16.3. The van der Waals surface area contributed by atoms with Crippen molar-refractivity contribution in [2.24, 2.45) is 0 Å². The average Bonchev–Trinajstić information content (AvgIpc) is 2.60. The number of hydrogen-bond acceptors (Lipinski definition) is 3. The van der Waals surface area contributed by atoms with Gasteiger partial charge in [-0.15, -0.1) is 0 Å². The minimum atomic E-state index is -0.0386. The number of carbonyl (C=O) groups is 1. The Morgan fingerprint density at radius 1 is 1.16 bits per heavy atom. The molecule has 0 atom stereocenters. The number of para-hydroxylation sites is 1. The Balaban J connectivity index is 2.03. The molecule has 25 heavy (non-hydrogen) atoms. The second kappa shape index (κ2) is 9.20. The Morgan fingerprint density at radius 2 is 1.72 bits per heavy atom. The molecule has 2 rings (SSSR count). The quantitative estimate of drug-likeness (QED) is 0.853. The Labute approximate surface area is 152 Å². The van der Waals surface area contributed by atoms with Crippen molar-refractivity contribution in [1.29, 1.82) is 0 Å². The third-order valence-electron chi connectivity index (χ3n) is 4.81. The molecule has 5 nitrogen and oxygen atoms in total. The van der Waals surface area contributed by atoms with Crippen LogP contribution in [0.15, 0.2) is 18.2 Å². The first-order valence-corrected chi connectivity index (χ1v) is 9.35. The number of likely N-dealkylation sites (N-methyl/N-ethyl adjacent to an activating group) is 1. The summed E-state index contributed by atoms with van der Waals surface area (Å²) in [6, 6.07) is 6.27. The van der Waals surface area contributed by atoms with Crippen molar-refractivity contribution in [2.45, 2.75) is 39.5 Å². The lowest BCUT2D eigenvalue weighted by Crippen LogP contribution is -2.43. The van der Waals surface area contributed by atoms with E-state index >= 15 is 0 Å². The van der Waals surface area contributed by atoms with Crippen LogP contribution < -0.4 is 5.32 Å². The van der Waals surface area contributed by atoms with Gasteiger partial charge in [0, 0.05) is 38.9 Å². The van der Waals surface area contributed by atoms with Crippen LogP contribution in [0.5, 0.6) is 0 Å². The molecule has 5 heteroatoms. The van der Waals surface area contributed by atoms with Gasteiger partial charge in [-0.05, 0) is 23.0 Å². The first-order valence-electron chi connectivity index (χ1n) is 9.35. The number of nitrogens with one attached hydrogen (secondary N) is 1. The second-order valence-corrected chi connectivity index (χ2v) is 7.43. The lowest BCUT2D eigenvalue weighted by molar-refractivity contribution is 0.0359. The van der Waals surface area contributed by atoms with E-state index in [2.05, 4.69) is 56.1 Å². The van der Waals surface area contributed by atoms with Crippen molar-refractivity contribution < 1.29 is 9.53 Å². The van der Waals surface area contributed by atoms with Crippen LogP contribution in [0, 0.1) is 0 Å². The third kappa shape index (κ3) is 5.44. The molecule has 0 aliphatic carbocycles. The molecule has 2 amide bonds. The summed E-state index contributed by atoms with van der Waals surface area (Å²) < 4.78 is 5.37. The van der Waals surface area contributed by atoms with Crippen LogP contribution in [0.1, 0.15) is 50.7 Å². The Morgan fingerprint density at radius 3 is 2.24 bits per heavy atom. The molecular weight excluding hydrogens is 314 g/mol. The fraction of sp³-hybridized carbons (Fsp3) is 0.650. The van der Waals surface area contributed by atoms with Crippen molar-refractivity contribution in [3.05, 3.63) is 29.3 Å². The predicted molar refractivity (Wildman–Crippen MR) is 104 cm³/mol. The molecule has 0 radical (unpaired) electrons. The number of hydrogen-bond donors (Lipinski definition) is 1. The van der Waals surface area contributed by atoms with Crippen LogP contribution in [-0.2, 0) is 4.74 Å². The molecule has 0 aromatic heterocycles. The maximum atomic E-state index is 12.7. The molecule has 0 spiro atoms. The van der Waals surface area contributed by atoms with Gasteiger partial charge in [-0.2, -0.15) is 0 Å². The van der Waals surface area contributed by atoms with Gasteiger partial charge >= 0.3 is 6.03 Å². The van der Waals surface area contributed by atoms with E-state index in [4.69, 9.17) is 4.74 Å². The Bertz CT molecular complexity index is 540. The van der Waals surface area contributed by atoms with E-state index in [1.165, 1.54) is 11.1 Å². The zero-order valence-corrected chi connectivity index (χ0v) is 16.3. The van der Waals surface area contributed by atoms with Gasteiger partial charge in [0.05, 0.1) is 13.2 Å². The highest BCUT2D eigenvalue weighted by atomic mass is 16.5. The number of nitrogens with zero attached hydrogens (tertiary/aromatic N) is 2. The number of morpholine rings is 1. The maximum Gasteiger partial charge on any atom is 0.321 e. The Kier molecular flexibility index (Phi) is 7.26. The van der Waals surface area contributed by atoms with Crippen LogP contribution >= 0.6 is 0 Å². The van der Waals surface area contributed by atoms with E-state index in [1.807, 2.05) is 7.05 Å². The first kappa shape index (κ1) is 19.7. The fourth-order valence-corrected chi connectivity index (χ4v) is 3.12. The summed E-state index contributed by atoms with van der Waals surface area (Å²) in [5.41, 5.74) is 3.37. The van der Waals surface area contributed by atoms with Gasteiger partial charge in [0.2, 0.25) is 0 Å². The smallest absolute Gasteiger partial charge is 0.321 e. The second-order valence-electron chi connectivity index (χ2n) is 7.43. The van der Waals surface area contributed by atoms with Crippen molar-refractivity contribution in [3.63, 3.8) is 0 Å². The molecule has 1 fully saturated rings. The van der Waals surface area contributed by atoms with Gasteiger partial charge in [0.15, 0.2) is 0 Å². The van der Waals surface area contributed by atoms with Crippen molar-refractivity contribution >= 4 is 11.7 Å². The standard InChI is InChI=1S/C20H33N3O2/c1-15(2)17-7-6-8-18(16(3)4)19(17)21-20(24)22(5)9-10-23-11-13-25-14-12-23/h6-8,15-16H,9-14H2,1-5H3,(H,21,24). The fourth-order valence-electron chi connectivity index (χ4n) is 3.12. The van der Waals surface area contributed by atoms with Crippen LogP contribution in [0.25, 0.3) is 0 Å². The lowest BCUT2D eigenvalue weighted by Gasteiger charge is -2.29. The van der Waals surface area contributed by atoms with Crippen LogP contribution in [0.4, 0.5) is 10.5 Å². The summed E-state index contributed by atoms with van der Waals surface area (Å²) >= 11 is 0. The molecular formula is C20H33N3O2. The minimum absolute atomic E-state index is 0.0386. The predicted octanol–water partition coefficient (Wildman–Crippen LogP) is 3.73. The van der Waals surface area contributed by atoms with Gasteiger partial charge in [0.25, 0.3) is 0 Å². The van der Waals surface area contributed by atoms with Crippen molar-refractivity contribution in [2.75, 3.05) is 51.8 Å². The molecule has 1 saturated heterocycles. The van der Waals surface area contributed by atoms with E-state index in [1.54, 1.807) is 4.90 Å². The highest BCUT2D eigenvalue weighted by Crippen LogP contribution is 2.32. The van der Waals surface area contributed by atoms with Crippen LogP contribution in [-0.4, -0.2) is 62.3 Å². The van der Waals surface area contributed by atoms with Crippen LogP contribution in [0.3, 0.4) is 0 Å². The van der Waals surface area contributed by atoms with Gasteiger partial charge in [-0.3, -0.25) is 4.90 Å². The highest BCUT2D eigenvalue weighted by molar-refractivity contribution is 5.91. The summed E-state index contributed by atoms with van der Waals surface area (Å²) in [5.74, 6) is 0.736. The summed E-state index contributed by atoms with van der Waals surface area (Å²) in [4.78, 5) is 16.8. The van der Waals surface area contributed by atoms with Crippen LogP contribution in [0.2, 0.25) is 0 Å². The van der Waals surface area contributed by atoms with Gasteiger partial charge in [-0.1, -0.05) is 45.9 Å². The SMILES string of the molecule is CC(C)c1cccc(C(C)C)c1NC(=O)N(C)CCN1CCOCC1. The van der Waals surface area contributed by atoms with E-state index in [0.29, 0.717) is 18.4 Å². The summed E-state index contributed by atoms with van der Waals surface area (Å²) in [5, 5.41) is 3.17. The zero-order chi connectivity index (χ0) is 18.4. The number of benzene rings is 1. The number of urea groups is 1. The maximum absolute atomic E-state index is 12.7. The average molecular weight is 348 g/mol. The van der Waals surface area contributed by atoms with E-state index in [9.17, 15) is 4.79 Å². The van der Waals surface area contributed by atoms with Crippen molar-refractivity contribution in [3.8, 4) is 0 Å². The molecule has 1 aliphatic heterocycles. The normalized spacial score (nSPS) is 15.6. The van der Waals surface area contributed by atoms with Gasteiger partial charge in [-0.25, -0.2) is 4.79 Å². The van der Waals surface area contributed by atoms with E-state index in [-0.39, 0.29) is 6.03 Å². The molecule has 140 valence electrons. The molecule has 1 heterocycles. The Hall–Kier alpha value is -1.59. The van der Waals surface area contributed by atoms with Gasteiger partial charge in [0.1, 0.15) is 0 Å². The van der Waals surface area contributed by atoms with Crippen molar-refractivity contribution in [1.82, 2.24) is 9.80 Å². The molecule has 0 unspecified atom stereocenters. The van der Waals surface area contributed by atoms with E-state index in [0.717, 1.165) is 38.5 Å². The lowest BCUT2D eigenvalue weighted by atomic mass is 9.93. The number of rotatable bonds is 6. The number of anilines is 1. The topological polar surface area (TPSA) is 44.8 Å². The third-order valence-corrected chi connectivity index (χ3v) is 4.81. The largest absolute Gasteiger partial charge is 0.379 e. The molecule has 1 aliphatic rings. The highest BCUT2D eigenvalue weighted by Gasteiger charge is 2.18. The summed E-state index contributed by atoms with van der Waals surface area (Å²) in [6.07, 6.45) is 0. The molecule has 1 aromatic carbocycles. The molecule has 0 bridgehead atoms. The monoisotopic (exact) mass is 347 g/mol. The first-order chi connectivity index (χ1) is 11.9. The molecule has 1 N–H and O–H groups in total. The molecule has 1 aromatic rings.